The third-order valence-corrected chi connectivity index (χ3v) is 6.59. The van der Waals surface area contributed by atoms with Crippen LogP contribution < -0.4 is 15.0 Å². The Morgan fingerprint density at radius 2 is 2.03 bits per heavy atom. The number of ether oxygens (including phenoxy) is 1. The van der Waals surface area contributed by atoms with E-state index in [1.165, 1.54) is 12.8 Å². The van der Waals surface area contributed by atoms with Gasteiger partial charge >= 0.3 is 6.09 Å². The number of benzene rings is 1. The van der Waals surface area contributed by atoms with Gasteiger partial charge in [0.1, 0.15) is 5.69 Å². The minimum atomic E-state index is -0.988. The number of rotatable bonds is 5. The Labute approximate surface area is 175 Å². The average molecular weight is 407 g/mol. The Bertz CT molecular complexity index is 1010. The SMILES string of the molecule is CN1C(=O)COc2nc(-c3ccc(C4(NC(=O)O)CCC4)cc3)c(CC3CC3)cc21. The van der Waals surface area contributed by atoms with Crippen molar-refractivity contribution in [3.05, 3.63) is 41.5 Å². The monoisotopic (exact) mass is 407 g/mol. The molecule has 0 atom stereocenters. The van der Waals surface area contributed by atoms with Crippen molar-refractivity contribution in [1.82, 2.24) is 10.3 Å². The van der Waals surface area contributed by atoms with Gasteiger partial charge in [-0.1, -0.05) is 24.3 Å². The summed E-state index contributed by atoms with van der Waals surface area (Å²) < 4.78 is 5.61. The summed E-state index contributed by atoms with van der Waals surface area (Å²) in [6, 6.07) is 10.1. The molecule has 2 saturated carbocycles. The zero-order valence-corrected chi connectivity index (χ0v) is 17.0. The smallest absolute Gasteiger partial charge is 0.405 e. The van der Waals surface area contributed by atoms with E-state index >= 15 is 0 Å². The molecule has 7 nitrogen and oxygen atoms in total. The average Bonchev–Trinajstić information content (AvgIpc) is 3.52. The van der Waals surface area contributed by atoms with Crippen molar-refractivity contribution in [2.75, 3.05) is 18.6 Å². The van der Waals surface area contributed by atoms with Crippen LogP contribution in [-0.2, 0) is 16.8 Å². The van der Waals surface area contributed by atoms with Crippen LogP contribution in [0, 0.1) is 5.92 Å². The molecule has 2 aromatic rings. The summed E-state index contributed by atoms with van der Waals surface area (Å²) in [6.45, 7) is 0.000225. The maximum Gasteiger partial charge on any atom is 0.405 e. The number of amides is 2. The van der Waals surface area contributed by atoms with Gasteiger partial charge in [-0.2, -0.15) is 0 Å². The highest BCUT2D eigenvalue weighted by Crippen LogP contribution is 2.43. The zero-order valence-electron chi connectivity index (χ0n) is 17.0. The molecular formula is C23H25N3O4. The summed E-state index contributed by atoms with van der Waals surface area (Å²) in [7, 11) is 1.76. The van der Waals surface area contributed by atoms with Gasteiger partial charge in [0.15, 0.2) is 6.61 Å². The largest absolute Gasteiger partial charge is 0.466 e. The molecule has 156 valence electrons. The van der Waals surface area contributed by atoms with Crippen LogP contribution in [0.5, 0.6) is 5.88 Å². The standard InChI is InChI=1S/C23H25N3O4/c1-26-18-12-16(11-14-3-4-14)20(24-21(18)30-13-19(26)27)15-5-7-17(8-6-15)23(9-2-10-23)25-22(28)29/h5-8,12,14,25H,2-4,9-11,13H2,1H3,(H,28,29). The number of hydrogen-bond acceptors (Lipinski definition) is 4. The number of hydrogen-bond donors (Lipinski definition) is 2. The molecule has 1 aliphatic heterocycles. The summed E-state index contributed by atoms with van der Waals surface area (Å²) in [5.74, 6) is 1.08. The van der Waals surface area contributed by atoms with E-state index in [1.807, 2.05) is 30.3 Å². The summed E-state index contributed by atoms with van der Waals surface area (Å²) in [5.41, 5.74) is 4.21. The van der Waals surface area contributed by atoms with Crippen LogP contribution in [0.15, 0.2) is 30.3 Å². The number of aromatic nitrogens is 1. The molecule has 2 N–H and O–H groups in total. The predicted molar refractivity (Wildman–Crippen MR) is 112 cm³/mol. The number of nitrogens with one attached hydrogen (secondary N) is 1. The fraction of sp³-hybridized carbons (Fsp3) is 0.435. The van der Waals surface area contributed by atoms with Gasteiger partial charge in [0.2, 0.25) is 5.88 Å². The highest BCUT2D eigenvalue weighted by Gasteiger charge is 2.40. The molecule has 0 bridgehead atoms. The number of fused-ring (bicyclic) bond motifs is 1. The first-order valence-electron chi connectivity index (χ1n) is 10.5. The summed E-state index contributed by atoms with van der Waals surface area (Å²) in [5, 5.41) is 11.9. The summed E-state index contributed by atoms with van der Waals surface area (Å²) in [6.07, 6.45) is 5.05. The summed E-state index contributed by atoms with van der Waals surface area (Å²) in [4.78, 5) is 29.7. The zero-order chi connectivity index (χ0) is 20.9. The molecule has 2 fully saturated rings. The van der Waals surface area contributed by atoms with Crippen LogP contribution in [0.4, 0.5) is 10.5 Å². The number of carboxylic acid groups (broad SMARTS) is 1. The molecule has 2 amide bonds. The molecule has 0 spiro atoms. The minimum Gasteiger partial charge on any atom is -0.466 e. The molecule has 2 aliphatic carbocycles. The molecular weight excluding hydrogens is 382 g/mol. The van der Waals surface area contributed by atoms with E-state index in [0.29, 0.717) is 11.8 Å². The Balaban J connectivity index is 1.51. The lowest BCUT2D eigenvalue weighted by atomic mass is 9.71. The molecule has 3 aliphatic rings. The second-order valence-corrected chi connectivity index (χ2v) is 8.65. The number of pyridine rings is 1. The van der Waals surface area contributed by atoms with Crippen molar-refractivity contribution in [2.45, 2.75) is 44.1 Å². The van der Waals surface area contributed by atoms with E-state index in [9.17, 15) is 14.7 Å². The minimum absolute atomic E-state index is 0.000225. The van der Waals surface area contributed by atoms with Crippen molar-refractivity contribution in [2.24, 2.45) is 5.92 Å². The second kappa shape index (κ2) is 7.00. The Morgan fingerprint density at radius 3 is 2.63 bits per heavy atom. The number of carbonyl (C=O) groups is 2. The van der Waals surface area contributed by atoms with Crippen LogP contribution in [-0.4, -0.2) is 35.7 Å². The number of anilines is 1. The highest BCUT2D eigenvalue weighted by atomic mass is 16.5. The van der Waals surface area contributed by atoms with Crippen molar-refractivity contribution in [3.63, 3.8) is 0 Å². The van der Waals surface area contributed by atoms with E-state index in [0.717, 1.165) is 53.8 Å². The Kier molecular flexibility index (Phi) is 4.41. The van der Waals surface area contributed by atoms with Crippen LogP contribution in [0.2, 0.25) is 0 Å². The van der Waals surface area contributed by atoms with E-state index in [-0.39, 0.29) is 12.5 Å². The number of likely N-dealkylation sites (N-methyl/N-ethyl adjacent to an activating group) is 1. The first-order valence-corrected chi connectivity index (χ1v) is 10.5. The fourth-order valence-electron chi connectivity index (χ4n) is 4.44. The van der Waals surface area contributed by atoms with Crippen LogP contribution in [0.25, 0.3) is 11.3 Å². The van der Waals surface area contributed by atoms with Gasteiger partial charge in [-0.3, -0.25) is 4.79 Å². The summed E-state index contributed by atoms with van der Waals surface area (Å²) >= 11 is 0. The second-order valence-electron chi connectivity index (χ2n) is 8.65. The highest BCUT2D eigenvalue weighted by molar-refractivity contribution is 5.97. The number of nitrogens with zero attached hydrogens (tertiary/aromatic N) is 2. The van der Waals surface area contributed by atoms with Gasteiger partial charge in [0, 0.05) is 12.6 Å². The van der Waals surface area contributed by atoms with Crippen molar-refractivity contribution in [3.8, 4) is 17.1 Å². The topological polar surface area (TPSA) is 91.8 Å². The van der Waals surface area contributed by atoms with Gasteiger partial charge in [-0.05, 0) is 61.6 Å². The molecule has 0 radical (unpaired) electrons. The van der Waals surface area contributed by atoms with E-state index in [1.54, 1.807) is 11.9 Å². The maximum absolute atomic E-state index is 12.0. The third-order valence-electron chi connectivity index (χ3n) is 6.59. The molecule has 30 heavy (non-hydrogen) atoms. The van der Waals surface area contributed by atoms with Crippen molar-refractivity contribution < 1.29 is 19.4 Å². The quantitative estimate of drug-likeness (QED) is 0.788. The fourth-order valence-corrected chi connectivity index (χ4v) is 4.44. The predicted octanol–water partition coefficient (Wildman–Crippen LogP) is 3.70. The Hall–Kier alpha value is -3.09. The molecule has 5 rings (SSSR count). The molecule has 0 saturated heterocycles. The molecule has 0 unspecified atom stereocenters. The lowest BCUT2D eigenvalue weighted by Gasteiger charge is -2.42. The van der Waals surface area contributed by atoms with Crippen molar-refractivity contribution >= 4 is 17.7 Å². The Morgan fingerprint density at radius 1 is 1.30 bits per heavy atom. The van der Waals surface area contributed by atoms with E-state index in [4.69, 9.17) is 9.72 Å². The molecule has 2 heterocycles. The van der Waals surface area contributed by atoms with Crippen LogP contribution in [0.1, 0.15) is 43.2 Å². The molecule has 1 aromatic carbocycles. The van der Waals surface area contributed by atoms with Gasteiger partial charge < -0.3 is 20.1 Å². The van der Waals surface area contributed by atoms with Crippen LogP contribution in [0.3, 0.4) is 0 Å². The van der Waals surface area contributed by atoms with E-state index < -0.39 is 11.6 Å². The lowest BCUT2D eigenvalue weighted by molar-refractivity contribution is -0.121. The van der Waals surface area contributed by atoms with Gasteiger partial charge in [-0.25, -0.2) is 9.78 Å². The van der Waals surface area contributed by atoms with Crippen molar-refractivity contribution in [1.29, 1.82) is 0 Å². The van der Waals surface area contributed by atoms with Gasteiger partial charge in [0.25, 0.3) is 5.91 Å². The lowest BCUT2D eigenvalue weighted by Crippen LogP contribution is -2.50. The first-order chi connectivity index (χ1) is 14.4. The first kappa shape index (κ1) is 18.9. The third kappa shape index (κ3) is 3.28. The van der Waals surface area contributed by atoms with Crippen LogP contribution >= 0.6 is 0 Å². The van der Waals surface area contributed by atoms with Gasteiger partial charge in [-0.15, -0.1) is 0 Å². The number of carbonyl (C=O) groups excluding carboxylic acids is 1. The molecule has 7 heteroatoms. The normalized spacial score (nSPS) is 19.5. The van der Waals surface area contributed by atoms with E-state index in [2.05, 4.69) is 5.32 Å². The molecule has 1 aromatic heterocycles. The van der Waals surface area contributed by atoms with Gasteiger partial charge in [0.05, 0.1) is 11.2 Å². The maximum atomic E-state index is 12.0.